The number of aliphatic hydroxyl groups excluding tert-OH is 1. The lowest BCUT2D eigenvalue weighted by atomic mass is 9.98. The maximum atomic E-state index is 13.3. The van der Waals surface area contributed by atoms with Crippen molar-refractivity contribution in [1.29, 1.82) is 0 Å². The number of hydrogen-bond acceptors (Lipinski definition) is 5. The molecule has 1 aromatic heterocycles. The Balaban J connectivity index is 1.53. The number of thiophene rings is 1. The van der Waals surface area contributed by atoms with Crippen LogP contribution in [0.4, 0.5) is 5.69 Å². The van der Waals surface area contributed by atoms with Crippen LogP contribution in [0.3, 0.4) is 0 Å². The second-order valence-electron chi connectivity index (χ2n) is 8.87. The highest BCUT2D eigenvalue weighted by molar-refractivity contribution is 7.10. The van der Waals surface area contributed by atoms with E-state index in [1.165, 1.54) is 16.2 Å². The average Bonchev–Trinajstić information content (AvgIpc) is 3.52. The first-order valence-electron chi connectivity index (χ1n) is 11.7. The highest BCUT2D eigenvalue weighted by Crippen LogP contribution is 2.44. The number of rotatable bonds is 6. The molecule has 2 heterocycles. The van der Waals surface area contributed by atoms with Crippen LogP contribution < -0.4 is 9.64 Å². The smallest absolute Gasteiger partial charge is 0.300 e. The summed E-state index contributed by atoms with van der Waals surface area (Å²) in [6.07, 6.45) is 0. The maximum Gasteiger partial charge on any atom is 0.300 e. The van der Waals surface area contributed by atoms with Crippen LogP contribution in [-0.4, -0.2) is 16.8 Å². The second-order valence-corrected chi connectivity index (χ2v) is 10.3. The summed E-state index contributed by atoms with van der Waals surface area (Å²) in [7, 11) is 0. The molecule has 1 aliphatic heterocycles. The van der Waals surface area contributed by atoms with Gasteiger partial charge >= 0.3 is 0 Å². The Morgan fingerprint density at radius 2 is 1.76 bits per heavy atom. The van der Waals surface area contributed by atoms with Gasteiger partial charge in [0.15, 0.2) is 0 Å². The van der Waals surface area contributed by atoms with Crippen LogP contribution in [-0.2, 0) is 16.2 Å². The Morgan fingerprint density at radius 1 is 0.973 bits per heavy atom. The predicted octanol–water partition coefficient (Wildman–Crippen LogP) is 7.22. The predicted molar refractivity (Wildman–Crippen MR) is 147 cm³/mol. The van der Waals surface area contributed by atoms with E-state index in [0.717, 1.165) is 21.6 Å². The summed E-state index contributed by atoms with van der Waals surface area (Å²) in [5.74, 6) is -1.01. The lowest BCUT2D eigenvalue weighted by Gasteiger charge is -2.24. The normalized spacial score (nSPS) is 16.8. The van der Waals surface area contributed by atoms with Gasteiger partial charge < -0.3 is 9.84 Å². The van der Waals surface area contributed by atoms with Crippen LogP contribution in [0.1, 0.15) is 33.2 Å². The highest BCUT2D eigenvalue weighted by Gasteiger charge is 2.47. The lowest BCUT2D eigenvalue weighted by Crippen LogP contribution is -2.29. The lowest BCUT2D eigenvalue weighted by molar-refractivity contribution is -0.132. The number of nitrogens with zero attached hydrogens (tertiary/aromatic N) is 1. The van der Waals surface area contributed by atoms with Gasteiger partial charge in [-0.3, -0.25) is 14.5 Å². The Labute approximate surface area is 224 Å². The zero-order valence-electron chi connectivity index (χ0n) is 20.3. The van der Waals surface area contributed by atoms with Crippen LogP contribution in [0.5, 0.6) is 5.75 Å². The number of benzene rings is 3. The van der Waals surface area contributed by atoms with Gasteiger partial charge in [0.1, 0.15) is 24.2 Å². The summed E-state index contributed by atoms with van der Waals surface area (Å²) in [6, 6.07) is 23.2. The van der Waals surface area contributed by atoms with Crippen molar-refractivity contribution in [2.24, 2.45) is 0 Å². The van der Waals surface area contributed by atoms with E-state index < -0.39 is 17.7 Å². The minimum atomic E-state index is -0.770. The molecule has 1 saturated heterocycles. The standard InChI is InChI=1S/C30H24ClNO4S/c1-18-10-12-22(16-23(18)31)32-27(25-9-6-14-37-25)26(29(34)30(32)35)28(33)21-11-13-24(19(2)15-21)36-17-20-7-4-3-5-8-20/h3-16,27,33H,17H2,1-2H3/b28-26-. The third kappa shape index (κ3) is 4.78. The number of ether oxygens (including phenoxy) is 1. The summed E-state index contributed by atoms with van der Waals surface area (Å²) in [4.78, 5) is 28.8. The SMILES string of the molecule is Cc1ccc(N2C(=O)C(=O)/C(=C(\O)c3ccc(OCc4ccccc4)c(C)c3)C2c2cccs2)cc1Cl. The van der Waals surface area contributed by atoms with Crippen molar-refractivity contribution in [1.82, 2.24) is 0 Å². The summed E-state index contributed by atoms with van der Waals surface area (Å²) >= 11 is 7.76. The second kappa shape index (κ2) is 10.2. The third-order valence-electron chi connectivity index (χ3n) is 6.38. The number of hydrogen-bond donors (Lipinski definition) is 1. The average molecular weight is 530 g/mol. The molecule has 1 aliphatic rings. The molecule has 5 rings (SSSR count). The van der Waals surface area contributed by atoms with Crippen molar-refractivity contribution >= 4 is 46.1 Å². The van der Waals surface area contributed by atoms with E-state index in [-0.39, 0.29) is 11.3 Å². The van der Waals surface area contributed by atoms with E-state index in [1.54, 1.807) is 36.4 Å². The molecular formula is C30H24ClNO4S. The van der Waals surface area contributed by atoms with E-state index in [1.807, 2.05) is 61.7 Å². The molecular weight excluding hydrogens is 506 g/mol. The largest absolute Gasteiger partial charge is 0.507 e. The van der Waals surface area contributed by atoms with Crippen molar-refractivity contribution in [2.75, 3.05) is 4.90 Å². The van der Waals surface area contributed by atoms with Crippen LogP contribution in [0.15, 0.2) is 89.8 Å². The highest BCUT2D eigenvalue weighted by atomic mass is 35.5. The summed E-state index contributed by atoms with van der Waals surface area (Å²) in [6.45, 7) is 4.16. The van der Waals surface area contributed by atoms with Gasteiger partial charge in [-0.25, -0.2) is 0 Å². The molecule has 5 nitrogen and oxygen atoms in total. The molecule has 1 atom stereocenters. The van der Waals surface area contributed by atoms with Crippen LogP contribution in [0.2, 0.25) is 5.02 Å². The first-order valence-corrected chi connectivity index (χ1v) is 13.0. The van der Waals surface area contributed by atoms with Gasteiger partial charge in [0, 0.05) is 21.2 Å². The molecule has 7 heteroatoms. The zero-order valence-corrected chi connectivity index (χ0v) is 21.8. The molecule has 0 aliphatic carbocycles. The maximum absolute atomic E-state index is 13.3. The molecule has 1 fully saturated rings. The monoisotopic (exact) mass is 529 g/mol. The number of amides is 1. The molecule has 4 aromatic rings. The van der Waals surface area contributed by atoms with Crippen LogP contribution in [0, 0.1) is 13.8 Å². The molecule has 1 amide bonds. The minimum Gasteiger partial charge on any atom is -0.507 e. The molecule has 0 saturated carbocycles. The van der Waals surface area contributed by atoms with Crippen LogP contribution in [0.25, 0.3) is 5.76 Å². The fourth-order valence-electron chi connectivity index (χ4n) is 4.40. The van der Waals surface area contributed by atoms with E-state index in [4.69, 9.17) is 16.3 Å². The Morgan fingerprint density at radius 3 is 2.43 bits per heavy atom. The molecule has 3 aromatic carbocycles. The molecule has 0 radical (unpaired) electrons. The van der Waals surface area contributed by atoms with E-state index >= 15 is 0 Å². The van der Waals surface area contributed by atoms with Gasteiger partial charge in [-0.05, 0) is 72.3 Å². The topological polar surface area (TPSA) is 66.8 Å². The van der Waals surface area contributed by atoms with Gasteiger partial charge in [-0.15, -0.1) is 11.3 Å². The minimum absolute atomic E-state index is 0.0431. The van der Waals surface area contributed by atoms with E-state index in [0.29, 0.717) is 28.6 Å². The van der Waals surface area contributed by atoms with Gasteiger partial charge in [-0.1, -0.05) is 54.1 Å². The van der Waals surface area contributed by atoms with Crippen molar-refractivity contribution in [2.45, 2.75) is 26.5 Å². The molecule has 0 bridgehead atoms. The zero-order chi connectivity index (χ0) is 26.1. The van der Waals surface area contributed by atoms with E-state index in [2.05, 4.69) is 0 Å². The number of carbonyl (C=O) groups excluding carboxylic acids is 2. The third-order valence-corrected chi connectivity index (χ3v) is 7.71. The molecule has 186 valence electrons. The van der Waals surface area contributed by atoms with Gasteiger partial charge in [0.2, 0.25) is 0 Å². The first kappa shape index (κ1) is 24.8. The van der Waals surface area contributed by atoms with Crippen molar-refractivity contribution in [3.8, 4) is 5.75 Å². The Hall–Kier alpha value is -3.87. The van der Waals surface area contributed by atoms with Gasteiger partial charge in [-0.2, -0.15) is 0 Å². The summed E-state index contributed by atoms with van der Waals surface area (Å²) in [5, 5.41) is 13.7. The molecule has 0 spiro atoms. The van der Waals surface area contributed by atoms with Gasteiger partial charge in [0.25, 0.3) is 11.7 Å². The quantitative estimate of drug-likeness (QED) is 0.163. The number of halogens is 1. The Bertz CT molecular complexity index is 1510. The van der Waals surface area contributed by atoms with Crippen molar-refractivity contribution < 1.29 is 19.4 Å². The van der Waals surface area contributed by atoms with Crippen molar-refractivity contribution in [3.05, 3.63) is 122 Å². The summed E-state index contributed by atoms with van der Waals surface area (Å²) < 4.78 is 5.96. The molecule has 37 heavy (non-hydrogen) atoms. The van der Waals surface area contributed by atoms with Crippen molar-refractivity contribution in [3.63, 3.8) is 0 Å². The molecule has 1 unspecified atom stereocenters. The first-order chi connectivity index (χ1) is 17.8. The number of carbonyl (C=O) groups is 2. The Kier molecular flexibility index (Phi) is 6.87. The van der Waals surface area contributed by atoms with Gasteiger partial charge in [0.05, 0.1) is 5.57 Å². The number of Topliss-reactive ketones (excluding diaryl/α,β-unsaturated/α-hetero) is 1. The number of aryl methyl sites for hydroxylation is 2. The fraction of sp³-hybridized carbons (Fsp3) is 0.133. The number of ketones is 1. The van der Waals surface area contributed by atoms with Crippen LogP contribution >= 0.6 is 22.9 Å². The molecule has 1 N–H and O–H groups in total. The number of anilines is 1. The number of aliphatic hydroxyl groups is 1. The summed E-state index contributed by atoms with van der Waals surface area (Å²) in [5.41, 5.74) is 3.68. The van der Waals surface area contributed by atoms with E-state index in [9.17, 15) is 14.7 Å². The fourth-order valence-corrected chi connectivity index (χ4v) is 5.39.